The molecule has 0 spiro atoms. The fourth-order valence-electron chi connectivity index (χ4n) is 3.67. The molecule has 8 nitrogen and oxygen atoms in total. The molecule has 0 aliphatic carbocycles. The number of benzene rings is 1. The Balaban J connectivity index is 1.94. The van der Waals surface area contributed by atoms with Crippen LogP contribution in [0.25, 0.3) is 0 Å². The molecule has 0 aromatic heterocycles. The van der Waals surface area contributed by atoms with Crippen LogP contribution in [0.15, 0.2) is 35.5 Å². The van der Waals surface area contributed by atoms with Crippen molar-refractivity contribution in [3.05, 3.63) is 41.1 Å². The second-order valence-electron chi connectivity index (χ2n) is 6.99. The molecule has 1 fully saturated rings. The molecule has 152 valence electrons. The number of carbonyl (C=O) groups is 2. The number of nitrogens with one attached hydrogen (secondary N) is 2. The van der Waals surface area contributed by atoms with Crippen molar-refractivity contribution in [2.45, 2.75) is 19.4 Å². The van der Waals surface area contributed by atoms with Crippen molar-refractivity contribution in [1.82, 2.24) is 15.5 Å². The highest BCUT2D eigenvalue weighted by atomic mass is 16.5. The number of rotatable bonds is 7. The predicted octanol–water partition coefficient (Wildman–Crippen LogP) is 1.18. The molecule has 1 saturated heterocycles. The molecule has 8 heteroatoms. The molecule has 2 atom stereocenters. The second-order valence-corrected chi connectivity index (χ2v) is 6.99. The van der Waals surface area contributed by atoms with Gasteiger partial charge in [0.2, 0.25) is 0 Å². The van der Waals surface area contributed by atoms with Gasteiger partial charge in [0.05, 0.1) is 25.3 Å². The molecular weight excluding hydrogens is 362 g/mol. The summed E-state index contributed by atoms with van der Waals surface area (Å²) in [5.41, 5.74) is 1.71. The van der Waals surface area contributed by atoms with Crippen molar-refractivity contribution in [1.29, 1.82) is 0 Å². The van der Waals surface area contributed by atoms with Crippen molar-refractivity contribution in [2.75, 3.05) is 40.0 Å². The fraction of sp³-hybridized carbons (Fsp3) is 0.500. The van der Waals surface area contributed by atoms with Gasteiger partial charge in [0, 0.05) is 25.4 Å². The summed E-state index contributed by atoms with van der Waals surface area (Å²) in [6, 6.07) is 6.26. The van der Waals surface area contributed by atoms with Crippen LogP contribution in [-0.4, -0.2) is 62.0 Å². The lowest BCUT2D eigenvalue weighted by atomic mass is 9.95. The average molecular weight is 389 g/mol. The number of hydrogen-bond donors (Lipinski definition) is 3. The summed E-state index contributed by atoms with van der Waals surface area (Å²) in [6.45, 7) is 4.10. The minimum atomic E-state index is -0.607. The van der Waals surface area contributed by atoms with E-state index < -0.39 is 12.0 Å². The zero-order valence-electron chi connectivity index (χ0n) is 16.2. The number of carbonyl (C=O) groups excluding carboxylic acids is 2. The van der Waals surface area contributed by atoms with Crippen molar-refractivity contribution < 1.29 is 24.2 Å². The first kappa shape index (κ1) is 20.2. The van der Waals surface area contributed by atoms with Gasteiger partial charge >= 0.3 is 12.0 Å². The number of methoxy groups -OCH3 is 1. The third-order valence-electron chi connectivity index (χ3n) is 5.11. The molecule has 2 unspecified atom stereocenters. The van der Waals surface area contributed by atoms with Crippen molar-refractivity contribution in [3.8, 4) is 5.75 Å². The average Bonchev–Trinajstić information content (AvgIpc) is 3.15. The van der Waals surface area contributed by atoms with E-state index in [2.05, 4.69) is 15.5 Å². The van der Waals surface area contributed by atoms with Crippen molar-refractivity contribution >= 4 is 12.0 Å². The highest BCUT2D eigenvalue weighted by molar-refractivity contribution is 5.95. The number of aliphatic hydroxyl groups excluding tert-OH is 1. The Labute approximate surface area is 164 Å². The lowest BCUT2D eigenvalue weighted by molar-refractivity contribution is -0.139. The Morgan fingerprint density at radius 3 is 2.68 bits per heavy atom. The largest absolute Gasteiger partial charge is 0.497 e. The van der Waals surface area contributed by atoms with E-state index in [1.807, 2.05) is 12.1 Å². The summed E-state index contributed by atoms with van der Waals surface area (Å²) >= 11 is 0. The lowest BCUT2D eigenvalue weighted by Gasteiger charge is -2.31. The van der Waals surface area contributed by atoms with Gasteiger partial charge in [-0.3, -0.25) is 4.90 Å². The van der Waals surface area contributed by atoms with E-state index in [9.17, 15) is 14.7 Å². The normalized spacial score (nSPS) is 22.6. The monoisotopic (exact) mass is 389 g/mol. The van der Waals surface area contributed by atoms with E-state index in [1.165, 1.54) is 0 Å². The van der Waals surface area contributed by atoms with E-state index >= 15 is 0 Å². The number of ether oxygens (including phenoxy) is 2. The number of hydrogen-bond acceptors (Lipinski definition) is 6. The summed E-state index contributed by atoms with van der Waals surface area (Å²) in [5.74, 6) is 0.461. The van der Waals surface area contributed by atoms with E-state index in [4.69, 9.17) is 9.47 Å². The van der Waals surface area contributed by atoms with E-state index in [0.29, 0.717) is 23.6 Å². The highest BCUT2D eigenvalue weighted by Crippen LogP contribution is 2.30. The van der Waals surface area contributed by atoms with Gasteiger partial charge in [0.15, 0.2) is 0 Å². The molecule has 28 heavy (non-hydrogen) atoms. The molecular formula is C20H27N3O5. The van der Waals surface area contributed by atoms with Gasteiger partial charge in [-0.15, -0.1) is 0 Å². The molecule has 0 saturated carbocycles. The van der Waals surface area contributed by atoms with Gasteiger partial charge in [0.1, 0.15) is 5.75 Å². The topological polar surface area (TPSA) is 100 Å². The van der Waals surface area contributed by atoms with E-state index in [-0.39, 0.29) is 25.2 Å². The van der Waals surface area contributed by atoms with Gasteiger partial charge in [0.25, 0.3) is 0 Å². The first-order valence-electron chi connectivity index (χ1n) is 9.50. The number of likely N-dealkylation sites (tertiary alicyclic amines) is 1. The summed E-state index contributed by atoms with van der Waals surface area (Å²) in [7, 11) is 1.58. The minimum absolute atomic E-state index is 0.142. The first-order valence-corrected chi connectivity index (χ1v) is 9.50. The number of amides is 2. The number of esters is 1. The predicted molar refractivity (Wildman–Crippen MR) is 103 cm³/mol. The maximum Gasteiger partial charge on any atom is 0.338 e. The van der Waals surface area contributed by atoms with Crippen LogP contribution < -0.4 is 15.4 Å². The van der Waals surface area contributed by atoms with Crippen LogP contribution in [0, 0.1) is 5.92 Å². The fourth-order valence-corrected chi connectivity index (χ4v) is 3.67. The molecule has 2 amide bonds. The Kier molecular flexibility index (Phi) is 6.53. The third kappa shape index (κ3) is 4.45. The van der Waals surface area contributed by atoms with Gasteiger partial charge in [-0.2, -0.15) is 0 Å². The SMILES string of the molecule is CCOC(=O)C1=C(CN2CCC(CO)C2)NC(=O)NC1c1ccc(OC)cc1. The molecule has 2 aliphatic rings. The Morgan fingerprint density at radius 2 is 2.07 bits per heavy atom. The number of aliphatic hydroxyl groups is 1. The molecule has 2 aliphatic heterocycles. The standard InChI is InChI=1S/C20H27N3O5/c1-3-28-19(25)17-16(11-23-9-8-13(10-23)12-24)21-20(26)22-18(17)14-4-6-15(27-2)7-5-14/h4-7,13,18,24H,3,8-12H2,1-2H3,(H2,21,22,26). The quantitative estimate of drug-likeness (QED) is 0.606. The molecule has 0 radical (unpaired) electrons. The first-order chi connectivity index (χ1) is 13.5. The second kappa shape index (κ2) is 9.07. The zero-order valence-corrected chi connectivity index (χ0v) is 16.2. The van der Waals surface area contributed by atoms with Crippen LogP contribution in [0.4, 0.5) is 4.79 Å². The van der Waals surface area contributed by atoms with Gasteiger partial charge < -0.3 is 25.2 Å². The van der Waals surface area contributed by atoms with Crippen LogP contribution >= 0.6 is 0 Å². The van der Waals surface area contributed by atoms with Crippen molar-refractivity contribution in [2.24, 2.45) is 5.92 Å². The van der Waals surface area contributed by atoms with E-state index in [0.717, 1.165) is 25.1 Å². The molecule has 0 bridgehead atoms. The van der Waals surface area contributed by atoms with Crippen LogP contribution in [0.1, 0.15) is 24.9 Å². The maximum absolute atomic E-state index is 12.8. The number of nitrogens with zero attached hydrogens (tertiary/aromatic N) is 1. The molecule has 2 heterocycles. The Bertz CT molecular complexity index is 747. The van der Waals surface area contributed by atoms with Gasteiger partial charge in [-0.1, -0.05) is 12.1 Å². The minimum Gasteiger partial charge on any atom is -0.497 e. The van der Waals surface area contributed by atoms with Crippen LogP contribution in [0.3, 0.4) is 0 Å². The third-order valence-corrected chi connectivity index (χ3v) is 5.11. The van der Waals surface area contributed by atoms with Crippen LogP contribution in [-0.2, 0) is 9.53 Å². The molecule has 3 rings (SSSR count). The van der Waals surface area contributed by atoms with Gasteiger partial charge in [-0.25, -0.2) is 9.59 Å². The zero-order chi connectivity index (χ0) is 20.1. The number of urea groups is 1. The summed E-state index contributed by atoms with van der Waals surface area (Å²) in [4.78, 5) is 27.2. The smallest absolute Gasteiger partial charge is 0.338 e. The Morgan fingerprint density at radius 1 is 1.32 bits per heavy atom. The van der Waals surface area contributed by atoms with Gasteiger partial charge in [-0.05, 0) is 43.5 Å². The van der Waals surface area contributed by atoms with Crippen LogP contribution in [0.2, 0.25) is 0 Å². The van der Waals surface area contributed by atoms with Crippen LogP contribution in [0.5, 0.6) is 5.75 Å². The highest BCUT2D eigenvalue weighted by Gasteiger charge is 2.35. The maximum atomic E-state index is 12.8. The molecule has 1 aromatic rings. The Hall–Kier alpha value is -2.58. The summed E-state index contributed by atoms with van der Waals surface area (Å²) in [5, 5.41) is 15.0. The summed E-state index contributed by atoms with van der Waals surface area (Å²) < 4.78 is 10.5. The van der Waals surface area contributed by atoms with Crippen molar-refractivity contribution in [3.63, 3.8) is 0 Å². The lowest BCUT2D eigenvalue weighted by Crippen LogP contribution is -2.48. The molecule has 1 aromatic carbocycles. The molecule has 3 N–H and O–H groups in total. The van der Waals surface area contributed by atoms with E-state index in [1.54, 1.807) is 26.2 Å². The summed E-state index contributed by atoms with van der Waals surface area (Å²) in [6.07, 6.45) is 0.895.